The number of aryl methyl sites for hydroxylation is 2. The highest BCUT2D eigenvalue weighted by atomic mass is 79.9. The van der Waals surface area contributed by atoms with Gasteiger partial charge in [-0.05, 0) is 64.7 Å². The number of nitro groups is 1. The molecular formula is C15H15BrN2O2. The van der Waals surface area contributed by atoms with Gasteiger partial charge >= 0.3 is 0 Å². The summed E-state index contributed by atoms with van der Waals surface area (Å²) >= 11 is 3.18. The van der Waals surface area contributed by atoms with Crippen molar-refractivity contribution in [2.24, 2.45) is 0 Å². The average Bonchev–Trinajstić information content (AvgIpc) is 2.41. The number of rotatable bonds is 4. The zero-order valence-corrected chi connectivity index (χ0v) is 12.9. The summed E-state index contributed by atoms with van der Waals surface area (Å²) in [5.41, 5.74) is 4.44. The van der Waals surface area contributed by atoms with Gasteiger partial charge in [-0.15, -0.1) is 0 Å². The summed E-state index contributed by atoms with van der Waals surface area (Å²) in [5.74, 6) is 0. The van der Waals surface area contributed by atoms with Crippen molar-refractivity contribution in [3.8, 4) is 0 Å². The third-order valence-electron chi connectivity index (χ3n) is 3.21. The summed E-state index contributed by atoms with van der Waals surface area (Å²) in [5, 5.41) is 14.2. The normalized spacial score (nSPS) is 10.3. The maximum Gasteiger partial charge on any atom is 0.283 e. The van der Waals surface area contributed by atoms with Crippen LogP contribution in [0.15, 0.2) is 40.9 Å². The number of anilines is 1. The van der Waals surface area contributed by atoms with Crippen LogP contribution in [0.25, 0.3) is 0 Å². The van der Waals surface area contributed by atoms with Crippen LogP contribution < -0.4 is 5.32 Å². The van der Waals surface area contributed by atoms with Crippen molar-refractivity contribution in [2.45, 2.75) is 20.4 Å². The molecule has 2 rings (SSSR count). The van der Waals surface area contributed by atoms with E-state index < -0.39 is 0 Å². The van der Waals surface area contributed by atoms with Gasteiger partial charge in [0.25, 0.3) is 5.69 Å². The van der Waals surface area contributed by atoms with Crippen LogP contribution in [-0.4, -0.2) is 4.92 Å². The summed E-state index contributed by atoms with van der Waals surface area (Å²) in [6, 6.07) is 11.3. The molecule has 104 valence electrons. The second kappa shape index (κ2) is 6.05. The Balaban J connectivity index is 2.12. The van der Waals surface area contributed by atoms with Crippen LogP contribution >= 0.6 is 15.9 Å². The Morgan fingerprint density at radius 3 is 2.55 bits per heavy atom. The molecule has 0 fully saturated rings. The van der Waals surface area contributed by atoms with Gasteiger partial charge in [0.1, 0.15) is 0 Å². The standard InChI is InChI=1S/C15H15BrN2O2/c1-10-3-5-13(7-11(10)2)17-9-12-4-6-14(16)15(8-12)18(19)20/h3-8,17H,9H2,1-2H3. The van der Waals surface area contributed by atoms with Crippen LogP contribution in [0.4, 0.5) is 11.4 Å². The lowest BCUT2D eigenvalue weighted by atomic mass is 10.1. The number of benzene rings is 2. The highest BCUT2D eigenvalue weighted by Crippen LogP contribution is 2.26. The zero-order valence-electron chi connectivity index (χ0n) is 11.3. The Bertz CT molecular complexity index is 656. The first-order chi connectivity index (χ1) is 9.47. The third kappa shape index (κ3) is 3.36. The maximum atomic E-state index is 10.9. The van der Waals surface area contributed by atoms with E-state index in [1.807, 2.05) is 12.1 Å². The lowest BCUT2D eigenvalue weighted by Gasteiger charge is -2.09. The molecule has 20 heavy (non-hydrogen) atoms. The third-order valence-corrected chi connectivity index (χ3v) is 3.88. The minimum Gasteiger partial charge on any atom is -0.381 e. The number of halogens is 1. The van der Waals surface area contributed by atoms with Gasteiger partial charge in [-0.3, -0.25) is 10.1 Å². The molecule has 0 saturated heterocycles. The molecule has 0 aliphatic heterocycles. The SMILES string of the molecule is Cc1ccc(NCc2ccc(Br)c([N+](=O)[O-])c2)cc1C. The lowest BCUT2D eigenvalue weighted by Crippen LogP contribution is -2.01. The molecule has 0 saturated carbocycles. The van der Waals surface area contributed by atoms with Crippen LogP contribution in [0.1, 0.15) is 16.7 Å². The van der Waals surface area contributed by atoms with Crippen molar-refractivity contribution in [2.75, 3.05) is 5.32 Å². The minimum absolute atomic E-state index is 0.0874. The Morgan fingerprint density at radius 2 is 1.90 bits per heavy atom. The van der Waals surface area contributed by atoms with Crippen molar-refractivity contribution in [1.82, 2.24) is 0 Å². The van der Waals surface area contributed by atoms with Crippen LogP contribution in [0.3, 0.4) is 0 Å². The molecule has 0 unspecified atom stereocenters. The van der Waals surface area contributed by atoms with E-state index in [4.69, 9.17) is 0 Å². The van der Waals surface area contributed by atoms with Gasteiger partial charge in [-0.1, -0.05) is 12.1 Å². The molecule has 0 spiro atoms. The van der Waals surface area contributed by atoms with Gasteiger partial charge in [-0.2, -0.15) is 0 Å². The largest absolute Gasteiger partial charge is 0.381 e. The van der Waals surface area contributed by atoms with Crippen LogP contribution in [0, 0.1) is 24.0 Å². The van der Waals surface area contributed by atoms with Gasteiger partial charge in [-0.25, -0.2) is 0 Å². The minimum atomic E-state index is -0.385. The Morgan fingerprint density at radius 1 is 1.15 bits per heavy atom. The van der Waals surface area contributed by atoms with Gasteiger partial charge < -0.3 is 5.32 Å². The van der Waals surface area contributed by atoms with Crippen molar-refractivity contribution < 1.29 is 4.92 Å². The predicted octanol–water partition coefficient (Wildman–Crippen LogP) is 4.59. The monoisotopic (exact) mass is 334 g/mol. The number of nitrogens with zero attached hydrogens (tertiary/aromatic N) is 1. The Kier molecular flexibility index (Phi) is 4.39. The topological polar surface area (TPSA) is 55.2 Å². The highest BCUT2D eigenvalue weighted by molar-refractivity contribution is 9.10. The molecule has 0 amide bonds. The molecule has 2 aromatic rings. The molecule has 4 nitrogen and oxygen atoms in total. The van der Waals surface area contributed by atoms with E-state index in [1.165, 1.54) is 11.1 Å². The zero-order chi connectivity index (χ0) is 14.7. The molecule has 0 heterocycles. The van der Waals surface area contributed by atoms with Crippen molar-refractivity contribution >= 4 is 27.3 Å². The first kappa shape index (κ1) is 14.5. The fourth-order valence-corrected chi connectivity index (χ4v) is 2.26. The lowest BCUT2D eigenvalue weighted by molar-refractivity contribution is -0.385. The van der Waals surface area contributed by atoms with E-state index in [0.29, 0.717) is 11.0 Å². The van der Waals surface area contributed by atoms with Crippen molar-refractivity contribution in [3.63, 3.8) is 0 Å². The smallest absolute Gasteiger partial charge is 0.283 e. The van der Waals surface area contributed by atoms with Crippen molar-refractivity contribution in [3.05, 3.63) is 67.7 Å². The van der Waals surface area contributed by atoms with E-state index in [2.05, 4.69) is 47.2 Å². The van der Waals surface area contributed by atoms with E-state index in [0.717, 1.165) is 11.3 Å². The van der Waals surface area contributed by atoms with E-state index >= 15 is 0 Å². The summed E-state index contributed by atoms with van der Waals surface area (Å²) in [6.45, 7) is 4.68. The number of nitro benzene ring substituents is 1. The summed E-state index contributed by atoms with van der Waals surface area (Å²) in [7, 11) is 0. The predicted molar refractivity (Wildman–Crippen MR) is 84.0 cm³/mol. The molecule has 0 aliphatic carbocycles. The molecular weight excluding hydrogens is 320 g/mol. The number of hydrogen-bond donors (Lipinski definition) is 1. The first-order valence-corrected chi connectivity index (χ1v) is 7.00. The van der Waals surface area contributed by atoms with Gasteiger partial charge in [0, 0.05) is 18.3 Å². The van der Waals surface area contributed by atoms with E-state index in [1.54, 1.807) is 12.1 Å². The fourth-order valence-electron chi connectivity index (χ4n) is 1.86. The maximum absolute atomic E-state index is 10.9. The molecule has 0 radical (unpaired) electrons. The summed E-state index contributed by atoms with van der Waals surface area (Å²) in [6.07, 6.45) is 0. The number of hydrogen-bond acceptors (Lipinski definition) is 3. The molecule has 0 bridgehead atoms. The highest BCUT2D eigenvalue weighted by Gasteiger charge is 2.12. The van der Waals surface area contributed by atoms with E-state index in [-0.39, 0.29) is 10.6 Å². The molecule has 0 aromatic heterocycles. The van der Waals surface area contributed by atoms with Gasteiger partial charge in [0.15, 0.2) is 0 Å². The number of nitrogens with one attached hydrogen (secondary N) is 1. The first-order valence-electron chi connectivity index (χ1n) is 6.21. The van der Waals surface area contributed by atoms with Crippen LogP contribution in [-0.2, 0) is 6.54 Å². The molecule has 0 aliphatic rings. The molecule has 0 atom stereocenters. The Labute approximate surface area is 126 Å². The molecule has 1 N–H and O–H groups in total. The summed E-state index contributed by atoms with van der Waals surface area (Å²) < 4.78 is 0.498. The molecule has 2 aromatic carbocycles. The fraction of sp³-hybridized carbons (Fsp3) is 0.200. The quantitative estimate of drug-likeness (QED) is 0.657. The van der Waals surface area contributed by atoms with E-state index in [9.17, 15) is 10.1 Å². The van der Waals surface area contributed by atoms with Gasteiger partial charge in [0.2, 0.25) is 0 Å². The van der Waals surface area contributed by atoms with Crippen LogP contribution in [0.2, 0.25) is 0 Å². The Hall–Kier alpha value is -1.88. The van der Waals surface area contributed by atoms with Gasteiger partial charge in [0.05, 0.1) is 9.40 Å². The van der Waals surface area contributed by atoms with Crippen molar-refractivity contribution in [1.29, 1.82) is 0 Å². The summed E-state index contributed by atoms with van der Waals surface area (Å²) in [4.78, 5) is 10.5. The second-order valence-electron chi connectivity index (χ2n) is 4.70. The second-order valence-corrected chi connectivity index (χ2v) is 5.55. The average molecular weight is 335 g/mol. The van der Waals surface area contributed by atoms with Crippen LogP contribution in [0.5, 0.6) is 0 Å². The molecule has 5 heteroatoms.